The highest BCUT2D eigenvalue weighted by Crippen LogP contribution is 2.24. The van der Waals surface area contributed by atoms with Crippen LogP contribution in [0.5, 0.6) is 0 Å². The maximum Gasteiger partial charge on any atom is 0.135 e. The van der Waals surface area contributed by atoms with Crippen LogP contribution in [0.2, 0.25) is 0 Å². The van der Waals surface area contributed by atoms with E-state index in [2.05, 4.69) is 36.1 Å². The SMILES string of the molecule is CCCNc1nc(C(C)C)nc2c1COCC2. The zero-order valence-corrected chi connectivity index (χ0v) is 10.9. The minimum Gasteiger partial charge on any atom is -0.376 e. The minimum atomic E-state index is 0.366. The number of rotatable bonds is 4. The Hall–Kier alpha value is -1.16. The first-order chi connectivity index (χ1) is 8.22. The van der Waals surface area contributed by atoms with Gasteiger partial charge in [0.05, 0.1) is 18.9 Å². The van der Waals surface area contributed by atoms with Crippen molar-refractivity contribution in [2.45, 2.75) is 46.1 Å². The second-order valence-corrected chi connectivity index (χ2v) is 4.74. The van der Waals surface area contributed by atoms with E-state index in [1.807, 2.05) is 0 Å². The third-order valence-corrected chi connectivity index (χ3v) is 2.90. The summed E-state index contributed by atoms with van der Waals surface area (Å²) in [7, 11) is 0. The average molecular weight is 235 g/mol. The summed E-state index contributed by atoms with van der Waals surface area (Å²) in [5.41, 5.74) is 2.31. The minimum absolute atomic E-state index is 0.366. The highest BCUT2D eigenvalue weighted by molar-refractivity contribution is 5.47. The van der Waals surface area contributed by atoms with E-state index in [1.165, 1.54) is 0 Å². The first kappa shape index (κ1) is 12.3. The molecule has 4 heteroatoms. The summed E-state index contributed by atoms with van der Waals surface area (Å²) in [6, 6.07) is 0. The maximum atomic E-state index is 5.50. The Labute approximate surface area is 103 Å². The van der Waals surface area contributed by atoms with Gasteiger partial charge in [0.2, 0.25) is 0 Å². The number of anilines is 1. The quantitative estimate of drug-likeness (QED) is 0.871. The molecule has 0 atom stereocenters. The zero-order valence-electron chi connectivity index (χ0n) is 10.9. The summed E-state index contributed by atoms with van der Waals surface area (Å²) in [5.74, 6) is 2.27. The van der Waals surface area contributed by atoms with Gasteiger partial charge in [-0.05, 0) is 6.42 Å². The Morgan fingerprint density at radius 2 is 2.18 bits per heavy atom. The van der Waals surface area contributed by atoms with Crippen molar-refractivity contribution in [2.75, 3.05) is 18.5 Å². The van der Waals surface area contributed by atoms with Gasteiger partial charge in [-0.3, -0.25) is 0 Å². The van der Waals surface area contributed by atoms with Crippen LogP contribution in [0, 0.1) is 0 Å². The van der Waals surface area contributed by atoms with E-state index in [4.69, 9.17) is 4.74 Å². The van der Waals surface area contributed by atoms with Crippen LogP contribution in [-0.4, -0.2) is 23.1 Å². The topological polar surface area (TPSA) is 47.0 Å². The highest BCUT2D eigenvalue weighted by atomic mass is 16.5. The maximum absolute atomic E-state index is 5.50. The Bertz CT molecular complexity index is 390. The normalized spacial score (nSPS) is 14.8. The predicted octanol–water partition coefficient (Wildman–Crippen LogP) is 2.49. The number of hydrogen-bond acceptors (Lipinski definition) is 4. The van der Waals surface area contributed by atoms with Crippen LogP contribution < -0.4 is 5.32 Å². The molecule has 1 aromatic rings. The zero-order chi connectivity index (χ0) is 12.3. The molecule has 0 unspecified atom stereocenters. The fourth-order valence-corrected chi connectivity index (χ4v) is 1.90. The summed E-state index contributed by atoms with van der Waals surface area (Å²) in [6.07, 6.45) is 2.00. The van der Waals surface area contributed by atoms with E-state index >= 15 is 0 Å². The first-order valence-electron chi connectivity index (χ1n) is 6.43. The van der Waals surface area contributed by atoms with Crippen molar-refractivity contribution >= 4 is 5.82 Å². The Kier molecular flexibility index (Phi) is 3.94. The van der Waals surface area contributed by atoms with Gasteiger partial charge < -0.3 is 10.1 Å². The molecule has 1 N–H and O–H groups in total. The van der Waals surface area contributed by atoms with Gasteiger partial charge in [0.25, 0.3) is 0 Å². The lowest BCUT2D eigenvalue weighted by atomic mass is 10.1. The summed E-state index contributed by atoms with van der Waals surface area (Å²) < 4.78 is 5.50. The summed E-state index contributed by atoms with van der Waals surface area (Å²) in [4.78, 5) is 9.27. The van der Waals surface area contributed by atoms with E-state index < -0.39 is 0 Å². The van der Waals surface area contributed by atoms with Gasteiger partial charge in [-0.25, -0.2) is 9.97 Å². The third-order valence-electron chi connectivity index (χ3n) is 2.90. The lowest BCUT2D eigenvalue weighted by molar-refractivity contribution is 0.109. The Morgan fingerprint density at radius 1 is 1.35 bits per heavy atom. The van der Waals surface area contributed by atoms with Crippen LogP contribution >= 0.6 is 0 Å². The Balaban J connectivity index is 2.35. The van der Waals surface area contributed by atoms with E-state index in [0.717, 1.165) is 48.9 Å². The molecule has 0 bridgehead atoms. The van der Waals surface area contributed by atoms with E-state index in [-0.39, 0.29) is 0 Å². The molecule has 94 valence electrons. The molecule has 1 aromatic heterocycles. The van der Waals surface area contributed by atoms with E-state index in [1.54, 1.807) is 0 Å². The molecule has 2 rings (SSSR count). The van der Waals surface area contributed by atoms with Crippen LogP contribution in [0.3, 0.4) is 0 Å². The van der Waals surface area contributed by atoms with Crippen LogP contribution in [0.15, 0.2) is 0 Å². The summed E-state index contributed by atoms with van der Waals surface area (Å²) in [5, 5.41) is 3.39. The van der Waals surface area contributed by atoms with Gasteiger partial charge in [-0.15, -0.1) is 0 Å². The van der Waals surface area contributed by atoms with Gasteiger partial charge in [-0.2, -0.15) is 0 Å². The smallest absolute Gasteiger partial charge is 0.135 e. The molecule has 0 fully saturated rings. The third kappa shape index (κ3) is 2.75. The lowest BCUT2D eigenvalue weighted by Crippen LogP contribution is -2.18. The molecule has 0 amide bonds. The van der Waals surface area contributed by atoms with Crippen molar-refractivity contribution in [3.05, 3.63) is 17.1 Å². The number of hydrogen-bond donors (Lipinski definition) is 1. The standard InChI is InChI=1S/C13H21N3O/c1-4-6-14-13-10-8-17-7-5-11(10)15-12(16-13)9(2)3/h9H,4-8H2,1-3H3,(H,14,15,16). The molecule has 1 aliphatic heterocycles. The van der Waals surface area contributed by atoms with Crippen LogP contribution in [0.1, 0.15) is 50.2 Å². The van der Waals surface area contributed by atoms with E-state index in [9.17, 15) is 0 Å². The molecule has 1 aliphatic rings. The van der Waals surface area contributed by atoms with Gasteiger partial charge in [0.1, 0.15) is 11.6 Å². The Morgan fingerprint density at radius 3 is 2.88 bits per heavy atom. The summed E-state index contributed by atoms with van der Waals surface area (Å²) >= 11 is 0. The highest BCUT2D eigenvalue weighted by Gasteiger charge is 2.18. The van der Waals surface area contributed by atoms with Crippen molar-refractivity contribution < 1.29 is 4.74 Å². The van der Waals surface area contributed by atoms with Crippen molar-refractivity contribution in [1.29, 1.82) is 0 Å². The molecule has 0 saturated heterocycles. The number of aromatic nitrogens is 2. The summed E-state index contributed by atoms with van der Waals surface area (Å²) in [6.45, 7) is 8.77. The molecular weight excluding hydrogens is 214 g/mol. The fraction of sp³-hybridized carbons (Fsp3) is 0.692. The average Bonchev–Trinajstić information content (AvgIpc) is 2.35. The molecule has 0 aromatic carbocycles. The van der Waals surface area contributed by atoms with Crippen molar-refractivity contribution in [3.63, 3.8) is 0 Å². The molecule has 0 aliphatic carbocycles. The molecule has 0 spiro atoms. The number of fused-ring (bicyclic) bond motifs is 1. The predicted molar refractivity (Wildman–Crippen MR) is 68.3 cm³/mol. The van der Waals surface area contributed by atoms with Gasteiger partial charge in [0.15, 0.2) is 0 Å². The fourth-order valence-electron chi connectivity index (χ4n) is 1.90. The van der Waals surface area contributed by atoms with Crippen LogP contribution in [0.25, 0.3) is 0 Å². The second kappa shape index (κ2) is 5.45. The lowest BCUT2D eigenvalue weighted by Gasteiger charge is -2.20. The van der Waals surface area contributed by atoms with Gasteiger partial charge >= 0.3 is 0 Å². The molecule has 0 saturated carbocycles. The number of nitrogens with zero attached hydrogens (tertiary/aromatic N) is 2. The van der Waals surface area contributed by atoms with E-state index in [0.29, 0.717) is 12.5 Å². The number of nitrogens with one attached hydrogen (secondary N) is 1. The van der Waals surface area contributed by atoms with Gasteiger partial charge in [0, 0.05) is 24.4 Å². The number of ether oxygens (including phenoxy) is 1. The molecule has 0 radical (unpaired) electrons. The van der Waals surface area contributed by atoms with Gasteiger partial charge in [-0.1, -0.05) is 20.8 Å². The monoisotopic (exact) mass is 235 g/mol. The molecule has 2 heterocycles. The molecule has 4 nitrogen and oxygen atoms in total. The van der Waals surface area contributed by atoms with Crippen LogP contribution in [-0.2, 0) is 17.8 Å². The van der Waals surface area contributed by atoms with Crippen molar-refractivity contribution in [1.82, 2.24) is 9.97 Å². The molecule has 17 heavy (non-hydrogen) atoms. The second-order valence-electron chi connectivity index (χ2n) is 4.74. The van der Waals surface area contributed by atoms with Crippen molar-refractivity contribution in [2.24, 2.45) is 0 Å². The molecular formula is C13H21N3O. The first-order valence-corrected chi connectivity index (χ1v) is 6.43. The van der Waals surface area contributed by atoms with Crippen molar-refractivity contribution in [3.8, 4) is 0 Å². The largest absolute Gasteiger partial charge is 0.376 e. The van der Waals surface area contributed by atoms with Crippen LogP contribution in [0.4, 0.5) is 5.82 Å².